The van der Waals surface area contributed by atoms with Crippen molar-refractivity contribution in [1.29, 1.82) is 0 Å². The van der Waals surface area contributed by atoms with E-state index in [1.165, 1.54) is 0 Å². The smallest absolute Gasteiger partial charge is 0.249 e. The molecule has 2 spiro atoms. The van der Waals surface area contributed by atoms with E-state index >= 15 is 0 Å². The van der Waals surface area contributed by atoms with Crippen molar-refractivity contribution in [2.24, 2.45) is 0 Å². The van der Waals surface area contributed by atoms with Crippen molar-refractivity contribution in [2.45, 2.75) is 75.8 Å². The summed E-state index contributed by atoms with van der Waals surface area (Å²) in [4.78, 5) is 27.6. The molecule has 106 valence electrons. The van der Waals surface area contributed by atoms with E-state index < -0.39 is 11.1 Å². The molecular formula is C15H24N2O2. The van der Waals surface area contributed by atoms with E-state index in [2.05, 4.69) is 12.2 Å². The van der Waals surface area contributed by atoms with Crippen LogP contribution in [0.4, 0.5) is 0 Å². The highest BCUT2D eigenvalue weighted by Crippen LogP contribution is 2.43. The van der Waals surface area contributed by atoms with Crippen LogP contribution in [0.1, 0.15) is 64.7 Å². The van der Waals surface area contributed by atoms with E-state index in [0.29, 0.717) is 0 Å². The van der Waals surface area contributed by atoms with Crippen LogP contribution in [0.25, 0.3) is 0 Å². The standard InChI is InChI=1S/C15H24N2O2/c1-2-11-17-13(19)14(7-3-4-8-14)16-12(18)15(17)9-5-6-10-15/h2-11H2,1H3,(H,16,18). The van der Waals surface area contributed by atoms with E-state index in [9.17, 15) is 9.59 Å². The lowest BCUT2D eigenvalue weighted by atomic mass is 9.82. The van der Waals surface area contributed by atoms with E-state index in [0.717, 1.165) is 64.3 Å². The fourth-order valence-corrected chi connectivity index (χ4v) is 4.28. The van der Waals surface area contributed by atoms with Gasteiger partial charge in [0, 0.05) is 6.54 Å². The molecule has 0 atom stereocenters. The Balaban J connectivity index is 1.96. The zero-order chi connectivity index (χ0) is 13.5. The highest BCUT2D eigenvalue weighted by Gasteiger charge is 2.59. The minimum Gasteiger partial charge on any atom is -0.340 e. The summed E-state index contributed by atoms with van der Waals surface area (Å²) in [5.74, 6) is 0.327. The third-order valence-electron chi connectivity index (χ3n) is 5.28. The third-order valence-corrected chi connectivity index (χ3v) is 5.28. The number of hydrogen-bond acceptors (Lipinski definition) is 2. The molecule has 0 aromatic carbocycles. The van der Waals surface area contributed by atoms with Crippen LogP contribution in [-0.4, -0.2) is 34.3 Å². The average molecular weight is 264 g/mol. The number of carbonyl (C=O) groups excluding carboxylic acids is 2. The molecule has 2 aliphatic carbocycles. The minimum absolute atomic E-state index is 0.125. The predicted molar refractivity (Wildman–Crippen MR) is 72.5 cm³/mol. The molecule has 19 heavy (non-hydrogen) atoms. The summed E-state index contributed by atoms with van der Waals surface area (Å²) in [6.07, 6.45) is 8.51. The number of nitrogens with zero attached hydrogens (tertiary/aromatic N) is 1. The molecule has 1 heterocycles. The van der Waals surface area contributed by atoms with Crippen LogP contribution >= 0.6 is 0 Å². The van der Waals surface area contributed by atoms with Crippen molar-refractivity contribution in [1.82, 2.24) is 10.2 Å². The van der Waals surface area contributed by atoms with Crippen LogP contribution in [0.15, 0.2) is 0 Å². The zero-order valence-electron chi connectivity index (χ0n) is 11.8. The van der Waals surface area contributed by atoms with E-state index in [1.807, 2.05) is 4.90 Å². The van der Waals surface area contributed by atoms with E-state index in [1.54, 1.807) is 0 Å². The van der Waals surface area contributed by atoms with Crippen molar-refractivity contribution in [3.05, 3.63) is 0 Å². The molecular weight excluding hydrogens is 240 g/mol. The molecule has 4 nitrogen and oxygen atoms in total. The summed E-state index contributed by atoms with van der Waals surface area (Å²) in [5, 5.41) is 3.13. The zero-order valence-corrected chi connectivity index (χ0v) is 11.8. The maximum atomic E-state index is 13.0. The maximum absolute atomic E-state index is 13.0. The average Bonchev–Trinajstić information content (AvgIpc) is 3.03. The van der Waals surface area contributed by atoms with Crippen LogP contribution in [0, 0.1) is 0 Å². The lowest BCUT2D eigenvalue weighted by molar-refractivity contribution is -0.163. The van der Waals surface area contributed by atoms with Gasteiger partial charge in [0.25, 0.3) is 0 Å². The largest absolute Gasteiger partial charge is 0.340 e. The van der Waals surface area contributed by atoms with Gasteiger partial charge in [0.15, 0.2) is 0 Å². The summed E-state index contributed by atoms with van der Waals surface area (Å²) in [6, 6.07) is 0. The summed E-state index contributed by atoms with van der Waals surface area (Å²) in [5.41, 5.74) is -1.07. The van der Waals surface area contributed by atoms with Gasteiger partial charge >= 0.3 is 0 Å². The Morgan fingerprint density at radius 3 is 2.21 bits per heavy atom. The Hall–Kier alpha value is -1.06. The SMILES string of the molecule is CCCN1C(=O)C2(CCCC2)NC(=O)C12CCCC2. The molecule has 0 aromatic rings. The number of amides is 2. The fraction of sp³-hybridized carbons (Fsp3) is 0.867. The molecule has 1 aliphatic heterocycles. The summed E-state index contributed by atoms with van der Waals surface area (Å²) in [6.45, 7) is 2.82. The van der Waals surface area contributed by atoms with Gasteiger partial charge in [-0.2, -0.15) is 0 Å². The number of nitrogens with one attached hydrogen (secondary N) is 1. The van der Waals surface area contributed by atoms with Crippen LogP contribution in [0.5, 0.6) is 0 Å². The van der Waals surface area contributed by atoms with Gasteiger partial charge in [0.1, 0.15) is 11.1 Å². The number of carbonyl (C=O) groups is 2. The van der Waals surface area contributed by atoms with E-state index in [4.69, 9.17) is 0 Å². The number of piperazine rings is 1. The summed E-state index contributed by atoms with van der Waals surface area (Å²) in [7, 11) is 0. The van der Waals surface area contributed by atoms with Crippen LogP contribution < -0.4 is 5.32 Å². The fourth-order valence-electron chi connectivity index (χ4n) is 4.28. The Kier molecular flexibility index (Phi) is 3.06. The van der Waals surface area contributed by atoms with Crippen molar-refractivity contribution < 1.29 is 9.59 Å². The van der Waals surface area contributed by atoms with Crippen LogP contribution in [-0.2, 0) is 9.59 Å². The monoisotopic (exact) mass is 264 g/mol. The van der Waals surface area contributed by atoms with Gasteiger partial charge in [-0.05, 0) is 32.1 Å². The number of rotatable bonds is 2. The van der Waals surface area contributed by atoms with Crippen LogP contribution in [0.3, 0.4) is 0 Å². The van der Waals surface area contributed by atoms with Crippen molar-refractivity contribution in [3.8, 4) is 0 Å². The second kappa shape index (κ2) is 4.50. The second-order valence-corrected chi connectivity index (χ2v) is 6.44. The van der Waals surface area contributed by atoms with Gasteiger partial charge in [-0.15, -0.1) is 0 Å². The first kappa shape index (κ1) is 12.9. The Bertz CT molecular complexity index is 393. The molecule has 1 N–H and O–H groups in total. The normalized spacial score (nSPS) is 28.4. The molecule has 2 amide bonds. The second-order valence-electron chi connectivity index (χ2n) is 6.44. The van der Waals surface area contributed by atoms with Gasteiger partial charge in [-0.1, -0.05) is 32.6 Å². The van der Waals surface area contributed by atoms with Crippen molar-refractivity contribution in [2.75, 3.05) is 6.54 Å². The van der Waals surface area contributed by atoms with Crippen molar-refractivity contribution >= 4 is 11.8 Å². The van der Waals surface area contributed by atoms with Crippen LogP contribution in [0.2, 0.25) is 0 Å². The lowest BCUT2D eigenvalue weighted by Gasteiger charge is -2.50. The molecule has 0 bridgehead atoms. The lowest BCUT2D eigenvalue weighted by Crippen LogP contribution is -2.74. The highest BCUT2D eigenvalue weighted by atomic mass is 16.2. The molecule has 0 aromatic heterocycles. The molecule has 3 rings (SSSR count). The predicted octanol–water partition coefficient (Wildman–Crippen LogP) is 1.98. The third kappa shape index (κ3) is 1.72. The Morgan fingerprint density at radius 1 is 1.05 bits per heavy atom. The molecule has 3 aliphatic rings. The van der Waals surface area contributed by atoms with Gasteiger partial charge in [-0.3, -0.25) is 9.59 Å². The molecule has 4 heteroatoms. The molecule has 2 saturated carbocycles. The van der Waals surface area contributed by atoms with E-state index in [-0.39, 0.29) is 11.8 Å². The summed E-state index contributed by atoms with van der Waals surface area (Å²) < 4.78 is 0. The van der Waals surface area contributed by atoms with Gasteiger partial charge in [0.05, 0.1) is 0 Å². The first-order valence-corrected chi connectivity index (χ1v) is 7.79. The minimum atomic E-state index is -0.555. The Labute approximate surface area is 114 Å². The first-order chi connectivity index (χ1) is 9.15. The molecule has 0 unspecified atom stereocenters. The van der Waals surface area contributed by atoms with Crippen molar-refractivity contribution in [3.63, 3.8) is 0 Å². The molecule has 1 saturated heterocycles. The maximum Gasteiger partial charge on any atom is 0.249 e. The first-order valence-electron chi connectivity index (χ1n) is 7.79. The molecule has 3 fully saturated rings. The number of hydrogen-bond donors (Lipinski definition) is 1. The van der Waals surface area contributed by atoms with Gasteiger partial charge < -0.3 is 10.2 Å². The highest BCUT2D eigenvalue weighted by molar-refractivity contribution is 6.02. The quantitative estimate of drug-likeness (QED) is 0.829. The van der Waals surface area contributed by atoms with Gasteiger partial charge in [0.2, 0.25) is 11.8 Å². The molecule has 0 radical (unpaired) electrons. The Morgan fingerprint density at radius 2 is 1.63 bits per heavy atom. The summed E-state index contributed by atoms with van der Waals surface area (Å²) >= 11 is 0. The van der Waals surface area contributed by atoms with Gasteiger partial charge in [-0.25, -0.2) is 0 Å². The topological polar surface area (TPSA) is 49.4 Å².